The second kappa shape index (κ2) is 5.51. The van der Waals surface area contributed by atoms with Gasteiger partial charge in [-0.2, -0.15) is 0 Å². The predicted octanol–water partition coefficient (Wildman–Crippen LogP) is 0.304. The van der Waals surface area contributed by atoms with Crippen LogP contribution < -0.4 is 5.32 Å². The van der Waals surface area contributed by atoms with Gasteiger partial charge in [-0.3, -0.25) is 19.8 Å². The Kier molecular flexibility index (Phi) is 4.58. The molecule has 0 bridgehead atoms. The van der Waals surface area contributed by atoms with Gasteiger partial charge in [-0.15, -0.1) is 0 Å². The van der Waals surface area contributed by atoms with Crippen molar-refractivity contribution >= 4 is 27.7 Å². The lowest BCUT2D eigenvalue weighted by atomic mass is 9.98. The summed E-state index contributed by atoms with van der Waals surface area (Å²) in [5.41, 5.74) is 0. The minimum atomic E-state index is -3.45. The summed E-state index contributed by atoms with van der Waals surface area (Å²) in [5.74, 6) is -2.17. The van der Waals surface area contributed by atoms with E-state index in [0.717, 1.165) is 11.2 Å². The average Bonchev–Trinajstić information content (AvgIpc) is 2.28. The Bertz CT molecular complexity index is 538. The maximum atomic E-state index is 12.2. The maximum Gasteiger partial charge on any atom is 0.330 e. The van der Waals surface area contributed by atoms with Gasteiger partial charge in [0.15, 0.2) is 9.84 Å². The van der Waals surface area contributed by atoms with E-state index in [2.05, 4.69) is 5.32 Å². The molecule has 1 aliphatic heterocycles. The van der Waals surface area contributed by atoms with Gasteiger partial charge >= 0.3 is 6.03 Å². The number of carbonyl (C=O) groups excluding carboxylic acids is 3. The molecule has 1 rings (SSSR count). The highest BCUT2D eigenvalue weighted by Crippen LogP contribution is 2.22. The van der Waals surface area contributed by atoms with Crippen LogP contribution in [0.25, 0.3) is 0 Å². The van der Waals surface area contributed by atoms with Crippen molar-refractivity contribution in [1.29, 1.82) is 0 Å². The van der Waals surface area contributed by atoms with Gasteiger partial charge in [0.1, 0.15) is 5.92 Å². The molecule has 8 heteroatoms. The van der Waals surface area contributed by atoms with E-state index in [0.29, 0.717) is 12.8 Å². The smallest absolute Gasteiger partial charge is 0.277 e. The first kappa shape index (κ1) is 16.6. The van der Waals surface area contributed by atoms with Crippen molar-refractivity contribution in [2.75, 3.05) is 12.8 Å². The number of sulfone groups is 1. The zero-order valence-electron chi connectivity index (χ0n) is 12.1. The van der Waals surface area contributed by atoms with Gasteiger partial charge in [0, 0.05) is 12.8 Å². The fourth-order valence-corrected chi connectivity index (χ4v) is 2.21. The van der Waals surface area contributed by atoms with Crippen LogP contribution in [0, 0.1) is 5.92 Å². The summed E-state index contributed by atoms with van der Waals surface area (Å²) < 4.78 is 22.1. The topological polar surface area (TPSA) is 101 Å². The van der Waals surface area contributed by atoms with Crippen LogP contribution in [0.2, 0.25) is 0 Å². The number of nitrogens with zero attached hydrogens (tertiary/aromatic N) is 1. The van der Waals surface area contributed by atoms with Gasteiger partial charge in [0.25, 0.3) is 0 Å². The molecule has 1 atom stereocenters. The van der Waals surface area contributed by atoms with E-state index in [9.17, 15) is 22.8 Å². The SMILES string of the molecule is CCCC1C(=O)NC(=O)N(CC(C)(C)S(C)(=O)=O)C1=O. The number of hydrogen-bond acceptors (Lipinski definition) is 5. The lowest BCUT2D eigenvalue weighted by Crippen LogP contribution is -2.61. The van der Waals surface area contributed by atoms with Crippen LogP contribution in [-0.2, 0) is 19.4 Å². The first-order valence-electron chi connectivity index (χ1n) is 6.37. The van der Waals surface area contributed by atoms with E-state index >= 15 is 0 Å². The third-order valence-electron chi connectivity index (χ3n) is 3.48. The Hall–Kier alpha value is -1.44. The fraction of sp³-hybridized carbons (Fsp3) is 0.750. The molecule has 0 aromatic rings. The summed E-state index contributed by atoms with van der Waals surface area (Å²) in [4.78, 5) is 36.4. The maximum absolute atomic E-state index is 12.2. The Labute approximate surface area is 118 Å². The van der Waals surface area contributed by atoms with Gasteiger partial charge in [0.2, 0.25) is 11.8 Å². The average molecular weight is 304 g/mol. The minimum Gasteiger partial charge on any atom is -0.277 e. The summed E-state index contributed by atoms with van der Waals surface area (Å²) in [5, 5.41) is 2.10. The molecule has 1 heterocycles. The van der Waals surface area contributed by atoms with Crippen LogP contribution in [-0.4, -0.2) is 48.7 Å². The number of rotatable bonds is 5. The number of carbonyl (C=O) groups is 3. The molecule has 0 saturated carbocycles. The number of amides is 4. The van der Waals surface area contributed by atoms with Crippen molar-refractivity contribution in [2.24, 2.45) is 5.92 Å². The number of urea groups is 1. The molecule has 114 valence electrons. The first-order valence-corrected chi connectivity index (χ1v) is 8.26. The highest BCUT2D eigenvalue weighted by molar-refractivity contribution is 7.92. The first-order chi connectivity index (χ1) is 9.01. The standard InChI is InChI=1S/C12H20N2O5S/c1-5-6-8-9(15)13-11(17)14(10(8)16)7-12(2,3)20(4,18)19/h8H,5-7H2,1-4H3,(H,13,15,17). The Morgan fingerprint density at radius 3 is 2.25 bits per heavy atom. The number of hydrogen-bond donors (Lipinski definition) is 1. The van der Waals surface area contributed by atoms with Crippen molar-refractivity contribution in [2.45, 2.75) is 38.4 Å². The molecule has 7 nitrogen and oxygen atoms in total. The molecule has 0 radical (unpaired) electrons. The zero-order valence-corrected chi connectivity index (χ0v) is 12.9. The van der Waals surface area contributed by atoms with Crippen molar-refractivity contribution in [3.8, 4) is 0 Å². The molecule has 4 amide bonds. The van der Waals surface area contributed by atoms with Crippen LogP contribution in [0.15, 0.2) is 0 Å². The number of imide groups is 2. The monoisotopic (exact) mass is 304 g/mol. The quantitative estimate of drug-likeness (QED) is 0.736. The van der Waals surface area contributed by atoms with Crippen LogP contribution >= 0.6 is 0 Å². The van der Waals surface area contributed by atoms with Gasteiger partial charge in [0.05, 0.1) is 4.75 Å². The lowest BCUT2D eigenvalue weighted by Gasteiger charge is -2.34. The van der Waals surface area contributed by atoms with Crippen LogP contribution in [0.4, 0.5) is 4.79 Å². The summed E-state index contributed by atoms with van der Waals surface area (Å²) in [6.07, 6.45) is 1.99. The van der Waals surface area contributed by atoms with Crippen LogP contribution in [0.1, 0.15) is 33.6 Å². The molecule has 1 saturated heterocycles. The number of nitrogens with one attached hydrogen (secondary N) is 1. The molecule has 0 aliphatic carbocycles. The van der Waals surface area contributed by atoms with Crippen molar-refractivity contribution in [3.63, 3.8) is 0 Å². The third kappa shape index (κ3) is 3.17. The Morgan fingerprint density at radius 1 is 1.25 bits per heavy atom. The summed E-state index contributed by atoms with van der Waals surface area (Å²) in [6, 6.07) is -0.857. The van der Waals surface area contributed by atoms with Gasteiger partial charge in [-0.1, -0.05) is 13.3 Å². The van der Waals surface area contributed by atoms with E-state index in [4.69, 9.17) is 0 Å². The summed E-state index contributed by atoms with van der Waals surface area (Å²) in [7, 11) is -3.45. The highest BCUT2D eigenvalue weighted by atomic mass is 32.2. The summed E-state index contributed by atoms with van der Waals surface area (Å²) >= 11 is 0. The minimum absolute atomic E-state index is 0.274. The molecule has 1 aliphatic rings. The van der Waals surface area contributed by atoms with E-state index in [1.165, 1.54) is 13.8 Å². The second-order valence-electron chi connectivity index (χ2n) is 5.59. The van der Waals surface area contributed by atoms with E-state index < -0.39 is 38.3 Å². The molecule has 20 heavy (non-hydrogen) atoms. The van der Waals surface area contributed by atoms with Crippen molar-refractivity contribution in [1.82, 2.24) is 10.2 Å². The predicted molar refractivity (Wildman–Crippen MR) is 72.6 cm³/mol. The van der Waals surface area contributed by atoms with Crippen LogP contribution in [0.3, 0.4) is 0 Å². The van der Waals surface area contributed by atoms with Crippen molar-refractivity contribution < 1.29 is 22.8 Å². The molecule has 1 N–H and O–H groups in total. The lowest BCUT2D eigenvalue weighted by molar-refractivity contribution is -0.143. The Morgan fingerprint density at radius 2 is 1.80 bits per heavy atom. The van der Waals surface area contributed by atoms with E-state index in [-0.39, 0.29) is 6.54 Å². The highest BCUT2D eigenvalue weighted by Gasteiger charge is 2.44. The molecular formula is C12H20N2O5S. The molecule has 1 fully saturated rings. The van der Waals surface area contributed by atoms with Gasteiger partial charge < -0.3 is 0 Å². The molecule has 0 spiro atoms. The molecule has 1 unspecified atom stereocenters. The largest absolute Gasteiger partial charge is 0.330 e. The molecule has 0 aromatic carbocycles. The normalized spacial score (nSPS) is 21.1. The van der Waals surface area contributed by atoms with E-state index in [1.807, 2.05) is 6.92 Å². The second-order valence-corrected chi connectivity index (χ2v) is 8.24. The van der Waals surface area contributed by atoms with Gasteiger partial charge in [-0.05, 0) is 20.3 Å². The Balaban J connectivity index is 3.02. The molecule has 0 aromatic heterocycles. The van der Waals surface area contributed by atoms with Crippen molar-refractivity contribution in [3.05, 3.63) is 0 Å². The summed E-state index contributed by atoms with van der Waals surface area (Å²) in [6.45, 7) is 4.42. The third-order valence-corrected chi connectivity index (χ3v) is 5.61. The zero-order chi connectivity index (χ0) is 15.7. The van der Waals surface area contributed by atoms with Crippen LogP contribution in [0.5, 0.6) is 0 Å². The number of barbiturate groups is 1. The fourth-order valence-electron chi connectivity index (χ4n) is 1.85. The molecular weight excluding hydrogens is 284 g/mol. The van der Waals surface area contributed by atoms with E-state index in [1.54, 1.807) is 0 Å². The van der Waals surface area contributed by atoms with Gasteiger partial charge in [-0.25, -0.2) is 13.2 Å².